The van der Waals surface area contributed by atoms with Crippen molar-refractivity contribution in [1.82, 2.24) is 4.98 Å². The number of anilines is 1. The Balaban J connectivity index is 1.98. The second kappa shape index (κ2) is 5.71. The van der Waals surface area contributed by atoms with Gasteiger partial charge in [-0.2, -0.15) is 5.10 Å². The number of nitrogens with zero attached hydrogens (tertiary/aromatic N) is 2. The first-order chi connectivity index (χ1) is 9.88. The number of rotatable bonds is 4. The number of benzene rings is 2. The first kappa shape index (κ1) is 12.6. The van der Waals surface area contributed by atoms with Crippen molar-refractivity contribution in [2.75, 3.05) is 12.5 Å². The van der Waals surface area contributed by atoms with E-state index in [-0.39, 0.29) is 0 Å². The van der Waals surface area contributed by atoms with Crippen LogP contribution in [0.15, 0.2) is 53.1 Å². The molecule has 0 radical (unpaired) electrons. The summed E-state index contributed by atoms with van der Waals surface area (Å²) in [6.07, 6.45) is 3.50. The number of fused-ring (bicyclic) bond motifs is 1. The van der Waals surface area contributed by atoms with Gasteiger partial charge in [0.15, 0.2) is 0 Å². The molecule has 0 amide bonds. The Morgan fingerprint density at radius 1 is 1.25 bits per heavy atom. The summed E-state index contributed by atoms with van der Waals surface area (Å²) in [4.78, 5) is 4.11. The molecule has 0 aliphatic heterocycles. The van der Waals surface area contributed by atoms with Crippen LogP contribution >= 0.6 is 11.3 Å². The predicted molar refractivity (Wildman–Crippen MR) is 83.8 cm³/mol. The average Bonchev–Trinajstić information content (AvgIpc) is 3.00. The van der Waals surface area contributed by atoms with E-state index in [1.807, 2.05) is 29.6 Å². The fourth-order valence-electron chi connectivity index (χ4n) is 2.02. The van der Waals surface area contributed by atoms with Crippen LogP contribution in [-0.4, -0.2) is 18.3 Å². The van der Waals surface area contributed by atoms with Crippen LogP contribution in [-0.2, 0) is 0 Å². The van der Waals surface area contributed by atoms with Crippen molar-refractivity contribution in [2.24, 2.45) is 5.10 Å². The van der Waals surface area contributed by atoms with E-state index in [1.54, 1.807) is 19.5 Å². The largest absolute Gasteiger partial charge is 0.496 e. The van der Waals surface area contributed by atoms with E-state index in [1.165, 1.54) is 11.3 Å². The lowest BCUT2D eigenvalue weighted by atomic mass is 10.0. The summed E-state index contributed by atoms with van der Waals surface area (Å²) in [5, 5.41) is 9.16. The van der Waals surface area contributed by atoms with Gasteiger partial charge in [0.2, 0.25) is 5.13 Å². The molecule has 5 heteroatoms. The summed E-state index contributed by atoms with van der Waals surface area (Å²) in [7, 11) is 1.66. The number of nitrogens with one attached hydrogen (secondary N) is 1. The van der Waals surface area contributed by atoms with Gasteiger partial charge < -0.3 is 4.74 Å². The Labute approximate surface area is 120 Å². The first-order valence-corrected chi connectivity index (χ1v) is 7.01. The predicted octanol–water partition coefficient (Wildman–Crippen LogP) is 3.75. The molecule has 20 heavy (non-hydrogen) atoms. The molecule has 0 aliphatic rings. The van der Waals surface area contributed by atoms with E-state index in [2.05, 4.69) is 27.6 Å². The highest BCUT2D eigenvalue weighted by Gasteiger charge is 2.05. The SMILES string of the molecule is COc1ccc2ccccc2c1/C=N\Nc1nccs1. The minimum atomic E-state index is 0.764. The maximum absolute atomic E-state index is 5.41. The number of hydrogen-bond acceptors (Lipinski definition) is 5. The van der Waals surface area contributed by atoms with Crippen molar-refractivity contribution in [1.29, 1.82) is 0 Å². The fourth-order valence-corrected chi connectivity index (χ4v) is 2.50. The van der Waals surface area contributed by atoms with Gasteiger partial charge in [0.25, 0.3) is 0 Å². The van der Waals surface area contributed by atoms with Crippen LogP contribution in [0, 0.1) is 0 Å². The normalized spacial score (nSPS) is 11.1. The lowest BCUT2D eigenvalue weighted by Gasteiger charge is -2.08. The van der Waals surface area contributed by atoms with Gasteiger partial charge in [-0.05, 0) is 16.8 Å². The highest BCUT2D eigenvalue weighted by molar-refractivity contribution is 7.13. The van der Waals surface area contributed by atoms with Crippen molar-refractivity contribution < 1.29 is 4.74 Å². The zero-order chi connectivity index (χ0) is 13.8. The molecule has 0 bridgehead atoms. The average molecular weight is 283 g/mol. The van der Waals surface area contributed by atoms with Gasteiger partial charge in [0.1, 0.15) is 5.75 Å². The molecular weight excluding hydrogens is 270 g/mol. The molecule has 0 fully saturated rings. The van der Waals surface area contributed by atoms with E-state index < -0.39 is 0 Å². The quantitative estimate of drug-likeness (QED) is 0.586. The van der Waals surface area contributed by atoms with Gasteiger partial charge in [-0.25, -0.2) is 4.98 Å². The van der Waals surface area contributed by atoms with Crippen LogP contribution in [0.25, 0.3) is 10.8 Å². The molecule has 0 atom stereocenters. The van der Waals surface area contributed by atoms with Crippen LogP contribution in [0.5, 0.6) is 5.75 Å². The Morgan fingerprint density at radius 3 is 2.95 bits per heavy atom. The number of methoxy groups -OCH3 is 1. The van der Waals surface area contributed by atoms with Crippen LogP contribution in [0.2, 0.25) is 0 Å². The smallest absolute Gasteiger partial charge is 0.203 e. The second-order valence-electron chi connectivity index (χ2n) is 4.11. The maximum atomic E-state index is 5.41. The van der Waals surface area contributed by atoms with Crippen molar-refractivity contribution in [3.63, 3.8) is 0 Å². The second-order valence-corrected chi connectivity index (χ2v) is 5.00. The van der Waals surface area contributed by atoms with Crippen molar-refractivity contribution >= 4 is 33.5 Å². The monoisotopic (exact) mass is 283 g/mol. The van der Waals surface area contributed by atoms with Gasteiger partial charge >= 0.3 is 0 Å². The summed E-state index contributed by atoms with van der Waals surface area (Å²) >= 11 is 1.50. The number of ether oxygens (including phenoxy) is 1. The summed E-state index contributed by atoms with van der Waals surface area (Å²) < 4.78 is 5.41. The Hall–Kier alpha value is -2.40. The van der Waals surface area contributed by atoms with Gasteiger partial charge in [0, 0.05) is 17.1 Å². The molecule has 0 aliphatic carbocycles. The molecule has 1 aromatic heterocycles. The van der Waals surface area contributed by atoms with Gasteiger partial charge in [-0.15, -0.1) is 11.3 Å². The molecule has 3 aromatic rings. The molecular formula is C15H13N3OS. The van der Waals surface area contributed by atoms with Crippen LogP contribution in [0.1, 0.15) is 5.56 Å². The van der Waals surface area contributed by atoms with Crippen molar-refractivity contribution in [3.05, 3.63) is 53.5 Å². The fraction of sp³-hybridized carbons (Fsp3) is 0.0667. The highest BCUT2D eigenvalue weighted by atomic mass is 32.1. The van der Waals surface area contributed by atoms with Crippen molar-refractivity contribution in [2.45, 2.75) is 0 Å². The molecule has 3 rings (SSSR count). The maximum Gasteiger partial charge on any atom is 0.203 e. The Morgan fingerprint density at radius 2 is 2.15 bits per heavy atom. The van der Waals surface area contributed by atoms with Crippen LogP contribution in [0.4, 0.5) is 5.13 Å². The topological polar surface area (TPSA) is 46.5 Å². The van der Waals surface area contributed by atoms with Crippen LogP contribution < -0.4 is 10.2 Å². The molecule has 2 aromatic carbocycles. The van der Waals surface area contributed by atoms with E-state index in [9.17, 15) is 0 Å². The third-order valence-corrected chi connectivity index (χ3v) is 3.61. The molecule has 0 saturated heterocycles. The minimum Gasteiger partial charge on any atom is -0.496 e. The molecule has 100 valence electrons. The molecule has 0 saturated carbocycles. The number of aromatic nitrogens is 1. The zero-order valence-electron chi connectivity index (χ0n) is 10.9. The molecule has 1 N–H and O–H groups in total. The standard InChI is InChI=1S/C15H13N3OS/c1-19-14-7-6-11-4-2-3-5-12(11)13(14)10-17-18-15-16-8-9-20-15/h2-10H,1H3,(H,16,18)/b17-10-. The number of hydrazone groups is 1. The first-order valence-electron chi connectivity index (χ1n) is 6.13. The third kappa shape index (κ3) is 2.48. The van der Waals surface area contributed by atoms with E-state index in [4.69, 9.17) is 4.74 Å². The highest BCUT2D eigenvalue weighted by Crippen LogP contribution is 2.26. The van der Waals surface area contributed by atoms with Gasteiger partial charge in [0.05, 0.1) is 13.3 Å². The molecule has 0 spiro atoms. The van der Waals surface area contributed by atoms with E-state index in [0.717, 1.165) is 27.2 Å². The zero-order valence-corrected chi connectivity index (χ0v) is 11.7. The van der Waals surface area contributed by atoms with E-state index in [0.29, 0.717) is 0 Å². The molecule has 0 unspecified atom stereocenters. The number of hydrogen-bond donors (Lipinski definition) is 1. The van der Waals surface area contributed by atoms with E-state index >= 15 is 0 Å². The molecule has 4 nitrogen and oxygen atoms in total. The molecule has 1 heterocycles. The summed E-state index contributed by atoms with van der Waals surface area (Å²) in [5.74, 6) is 0.799. The summed E-state index contributed by atoms with van der Waals surface area (Å²) in [6.45, 7) is 0. The lowest BCUT2D eigenvalue weighted by molar-refractivity contribution is 0.415. The van der Waals surface area contributed by atoms with Gasteiger partial charge in [-0.3, -0.25) is 5.43 Å². The number of thiazole rings is 1. The Kier molecular flexibility index (Phi) is 3.60. The summed E-state index contributed by atoms with van der Waals surface area (Å²) in [5.41, 5.74) is 3.86. The van der Waals surface area contributed by atoms with Crippen LogP contribution in [0.3, 0.4) is 0 Å². The summed E-state index contributed by atoms with van der Waals surface area (Å²) in [6, 6.07) is 12.1. The third-order valence-electron chi connectivity index (χ3n) is 2.94. The van der Waals surface area contributed by atoms with Gasteiger partial charge in [-0.1, -0.05) is 30.3 Å². The minimum absolute atomic E-state index is 0.764. The Bertz CT molecular complexity index is 738. The van der Waals surface area contributed by atoms with Crippen molar-refractivity contribution in [3.8, 4) is 5.75 Å². The lowest BCUT2D eigenvalue weighted by Crippen LogP contribution is -1.95.